The molecule has 0 amide bonds. The molecule has 0 unspecified atom stereocenters. The molecule has 0 aliphatic heterocycles. The number of thioether (sulfide) groups is 1. The predicted octanol–water partition coefficient (Wildman–Crippen LogP) is 5.12. The Labute approximate surface area is 110 Å². The molecule has 0 N–H and O–H groups in total. The third-order valence-corrected chi connectivity index (χ3v) is 5.84. The van der Waals surface area contributed by atoms with Crippen LogP contribution in [-0.2, 0) is 0 Å². The molecule has 0 bridgehead atoms. The maximum absolute atomic E-state index is 13.0. The van der Waals surface area contributed by atoms with Crippen LogP contribution in [0.5, 0.6) is 0 Å². The van der Waals surface area contributed by atoms with Gasteiger partial charge in [0.25, 0.3) is 0 Å². The molecule has 0 heterocycles. The molecular formula is C13H20F4S. The third kappa shape index (κ3) is 4.04. The summed E-state index contributed by atoms with van der Waals surface area (Å²) in [4.78, 5) is 0. The number of alkyl halides is 4. The van der Waals surface area contributed by atoms with E-state index in [2.05, 4.69) is 0 Å². The first-order valence-corrected chi connectivity index (χ1v) is 7.75. The number of halogens is 4. The average Bonchev–Trinajstić information content (AvgIpc) is 2.32. The highest BCUT2D eigenvalue weighted by Crippen LogP contribution is 2.43. The van der Waals surface area contributed by atoms with Gasteiger partial charge in [-0.05, 0) is 51.4 Å². The highest BCUT2D eigenvalue weighted by Gasteiger charge is 2.41. The normalized spacial score (nSPS) is 38.7. The van der Waals surface area contributed by atoms with Crippen molar-refractivity contribution in [1.29, 1.82) is 0 Å². The zero-order valence-electron chi connectivity index (χ0n) is 10.4. The molecule has 5 heteroatoms. The van der Waals surface area contributed by atoms with Gasteiger partial charge in [0.2, 0.25) is 0 Å². The van der Waals surface area contributed by atoms with E-state index in [4.69, 9.17) is 0 Å². The van der Waals surface area contributed by atoms with Crippen LogP contribution in [0.3, 0.4) is 0 Å². The number of hydrogen-bond donors (Lipinski definition) is 0. The lowest BCUT2D eigenvalue weighted by Gasteiger charge is -2.33. The van der Waals surface area contributed by atoms with Crippen LogP contribution in [0, 0.1) is 5.92 Å². The molecule has 0 radical (unpaired) electrons. The summed E-state index contributed by atoms with van der Waals surface area (Å²) in [6.07, 6.45) is 0.291. The fourth-order valence-electron chi connectivity index (χ4n) is 2.96. The summed E-state index contributed by atoms with van der Waals surface area (Å²) >= 11 is 1.82. The lowest BCUT2D eigenvalue weighted by molar-refractivity contribution is -0.181. The highest BCUT2D eigenvalue weighted by molar-refractivity contribution is 8.00. The lowest BCUT2D eigenvalue weighted by atomic mass is 9.88. The van der Waals surface area contributed by atoms with Crippen LogP contribution >= 0.6 is 11.8 Å². The first-order valence-electron chi connectivity index (χ1n) is 6.81. The highest BCUT2D eigenvalue weighted by atomic mass is 32.2. The third-order valence-electron chi connectivity index (χ3n) is 4.13. The quantitative estimate of drug-likeness (QED) is 0.634. The minimum absolute atomic E-state index is 0.277. The molecule has 0 nitrogen and oxygen atoms in total. The first-order chi connectivity index (χ1) is 8.45. The molecule has 2 saturated carbocycles. The Hall–Kier alpha value is 0.0700. The van der Waals surface area contributed by atoms with Gasteiger partial charge in [0.05, 0.1) is 5.92 Å². The van der Waals surface area contributed by atoms with Crippen molar-refractivity contribution < 1.29 is 17.6 Å². The monoisotopic (exact) mass is 284 g/mol. The van der Waals surface area contributed by atoms with Crippen molar-refractivity contribution in [2.75, 3.05) is 0 Å². The Morgan fingerprint density at radius 1 is 0.722 bits per heavy atom. The molecule has 0 saturated heterocycles. The Bertz CT molecular complexity index is 250. The SMILES string of the molecule is FC1CCC(SC2CCC(C(F)(F)F)CC2)CC1. The van der Waals surface area contributed by atoms with Crippen LogP contribution in [0.25, 0.3) is 0 Å². The van der Waals surface area contributed by atoms with Crippen LogP contribution in [0.4, 0.5) is 17.6 Å². The van der Waals surface area contributed by atoms with E-state index in [9.17, 15) is 17.6 Å². The van der Waals surface area contributed by atoms with Gasteiger partial charge in [-0.25, -0.2) is 4.39 Å². The zero-order chi connectivity index (χ0) is 13.2. The first kappa shape index (κ1) is 14.5. The second kappa shape index (κ2) is 6.02. The van der Waals surface area contributed by atoms with Gasteiger partial charge >= 0.3 is 6.18 Å². The summed E-state index contributed by atoms with van der Waals surface area (Å²) < 4.78 is 50.5. The fraction of sp³-hybridized carbons (Fsp3) is 1.00. The maximum Gasteiger partial charge on any atom is 0.391 e. The van der Waals surface area contributed by atoms with Crippen LogP contribution in [0.2, 0.25) is 0 Å². The topological polar surface area (TPSA) is 0 Å². The van der Waals surface area contributed by atoms with Crippen LogP contribution in [-0.4, -0.2) is 22.8 Å². The molecule has 2 rings (SSSR count). The van der Waals surface area contributed by atoms with Gasteiger partial charge in [-0.3, -0.25) is 0 Å². The second-order valence-corrected chi connectivity index (χ2v) is 7.13. The minimum Gasteiger partial charge on any atom is -0.247 e. The van der Waals surface area contributed by atoms with Crippen molar-refractivity contribution in [3.8, 4) is 0 Å². The van der Waals surface area contributed by atoms with E-state index in [0.717, 1.165) is 12.8 Å². The molecule has 2 fully saturated rings. The smallest absolute Gasteiger partial charge is 0.247 e. The van der Waals surface area contributed by atoms with Crippen molar-refractivity contribution in [3.05, 3.63) is 0 Å². The molecule has 0 aromatic heterocycles. The van der Waals surface area contributed by atoms with Crippen molar-refractivity contribution in [2.24, 2.45) is 5.92 Å². The van der Waals surface area contributed by atoms with Crippen molar-refractivity contribution in [1.82, 2.24) is 0 Å². The van der Waals surface area contributed by atoms with E-state index in [-0.39, 0.29) is 12.8 Å². The van der Waals surface area contributed by atoms with Gasteiger partial charge < -0.3 is 0 Å². The molecular weight excluding hydrogens is 264 g/mol. The summed E-state index contributed by atoms with van der Waals surface area (Å²) in [6, 6.07) is 0. The standard InChI is InChI=1S/C13H20F4S/c14-10-3-7-12(8-4-10)18-11-5-1-9(2-6-11)13(15,16)17/h9-12H,1-8H2. The summed E-state index contributed by atoms with van der Waals surface area (Å²) in [6.45, 7) is 0. The molecule has 2 aliphatic carbocycles. The molecule has 0 atom stereocenters. The maximum atomic E-state index is 13.0. The summed E-state index contributed by atoms with van der Waals surface area (Å²) in [5.41, 5.74) is 0. The van der Waals surface area contributed by atoms with Crippen LogP contribution in [0.1, 0.15) is 51.4 Å². The van der Waals surface area contributed by atoms with Crippen molar-refractivity contribution in [2.45, 2.75) is 74.2 Å². The number of hydrogen-bond acceptors (Lipinski definition) is 1. The van der Waals surface area contributed by atoms with Crippen LogP contribution in [0.15, 0.2) is 0 Å². The van der Waals surface area contributed by atoms with Crippen LogP contribution < -0.4 is 0 Å². The van der Waals surface area contributed by atoms with E-state index in [1.165, 1.54) is 0 Å². The van der Waals surface area contributed by atoms with Gasteiger partial charge in [0.15, 0.2) is 0 Å². The van der Waals surface area contributed by atoms with Crippen molar-refractivity contribution >= 4 is 11.8 Å². The molecule has 18 heavy (non-hydrogen) atoms. The van der Waals surface area contributed by atoms with E-state index in [0.29, 0.717) is 36.2 Å². The Morgan fingerprint density at radius 3 is 1.61 bits per heavy atom. The van der Waals surface area contributed by atoms with Gasteiger partial charge in [-0.1, -0.05) is 0 Å². The van der Waals surface area contributed by atoms with Gasteiger partial charge in [0.1, 0.15) is 6.17 Å². The van der Waals surface area contributed by atoms with Gasteiger partial charge in [-0.15, -0.1) is 0 Å². The van der Waals surface area contributed by atoms with E-state index >= 15 is 0 Å². The Kier molecular flexibility index (Phi) is 4.84. The number of rotatable bonds is 2. The fourth-order valence-corrected chi connectivity index (χ4v) is 4.59. The largest absolute Gasteiger partial charge is 0.391 e. The van der Waals surface area contributed by atoms with E-state index in [1.807, 2.05) is 11.8 Å². The summed E-state index contributed by atoms with van der Waals surface area (Å²) in [5, 5.41) is 0.842. The minimum atomic E-state index is -4.01. The lowest BCUT2D eigenvalue weighted by Crippen LogP contribution is -2.29. The Morgan fingerprint density at radius 2 is 1.17 bits per heavy atom. The zero-order valence-corrected chi connectivity index (χ0v) is 11.2. The van der Waals surface area contributed by atoms with Crippen molar-refractivity contribution in [3.63, 3.8) is 0 Å². The molecule has 0 aromatic carbocycles. The molecule has 106 valence electrons. The van der Waals surface area contributed by atoms with Gasteiger partial charge in [-0.2, -0.15) is 24.9 Å². The molecule has 0 spiro atoms. The summed E-state index contributed by atoms with van der Waals surface area (Å²) in [7, 11) is 0. The predicted molar refractivity (Wildman–Crippen MR) is 66.5 cm³/mol. The van der Waals surface area contributed by atoms with Gasteiger partial charge in [0, 0.05) is 10.5 Å². The Balaban J connectivity index is 1.70. The second-order valence-electron chi connectivity index (χ2n) is 5.53. The summed E-state index contributed by atoms with van der Waals surface area (Å²) in [5.74, 6) is -1.09. The molecule has 0 aromatic rings. The average molecular weight is 284 g/mol. The molecule has 2 aliphatic rings. The van der Waals surface area contributed by atoms with E-state index < -0.39 is 18.3 Å². The van der Waals surface area contributed by atoms with E-state index in [1.54, 1.807) is 0 Å².